The molecule has 0 atom stereocenters. The Labute approximate surface area is 37.5 Å². The summed E-state index contributed by atoms with van der Waals surface area (Å²) in [5.41, 5.74) is 0. The molecule has 0 fully saturated rings. The normalized spacial score (nSPS) is 11.2. The molecular formula is H2N3O2Si. The molecule has 5 nitrogen and oxygen atoms in total. The SMILES string of the molecule is N/N=[N+](\[O-])O[Si]. The van der Waals surface area contributed by atoms with Gasteiger partial charge in [-0.25, -0.2) is 0 Å². The molecule has 0 aliphatic carbocycles. The summed E-state index contributed by atoms with van der Waals surface area (Å²) in [6, 6.07) is 0. The maximum Gasteiger partial charge on any atom is 0.185 e. The highest BCUT2D eigenvalue weighted by molar-refractivity contribution is 5.97. The summed E-state index contributed by atoms with van der Waals surface area (Å²) in [6.07, 6.45) is 0. The van der Waals surface area contributed by atoms with Crippen molar-refractivity contribution in [2.24, 2.45) is 11.1 Å². The molecule has 0 saturated carbocycles. The molecule has 6 heteroatoms. The number of nitrogens with two attached hydrogens (primary N) is 1. The van der Waals surface area contributed by atoms with E-state index in [9.17, 15) is 5.21 Å². The van der Waals surface area contributed by atoms with Gasteiger partial charge in [0, 0.05) is 0 Å². The van der Waals surface area contributed by atoms with Gasteiger partial charge in [0.15, 0.2) is 10.5 Å². The molecule has 0 heterocycles. The van der Waals surface area contributed by atoms with Gasteiger partial charge in [0.2, 0.25) is 0 Å². The van der Waals surface area contributed by atoms with Crippen molar-refractivity contribution < 1.29 is 9.55 Å². The lowest BCUT2D eigenvalue weighted by Gasteiger charge is -1.94. The fourth-order valence-electron chi connectivity index (χ4n) is 0.0236. The summed E-state index contributed by atoms with van der Waals surface area (Å²) >= 11 is 0. The Hall–Kier alpha value is -0.783. The van der Waals surface area contributed by atoms with Gasteiger partial charge in [-0.3, -0.25) is 0 Å². The average molecular weight is 104 g/mol. The zero-order chi connectivity index (χ0) is 4.99. The zero-order valence-corrected chi connectivity index (χ0v) is 3.79. The van der Waals surface area contributed by atoms with Crippen molar-refractivity contribution in [1.29, 1.82) is 0 Å². The minimum atomic E-state index is -0.184. The molecular weight excluding hydrogens is 102 g/mol. The Bertz CT molecular complexity index is 59.8. The van der Waals surface area contributed by atoms with E-state index in [0.29, 0.717) is 0 Å². The van der Waals surface area contributed by atoms with Gasteiger partial charge in [0.05, 0.1) is 5.02 Å². The molecule has 0 spiro atoms. The van der Waals surface area contributed by atoms with Crippen LogP contribution >= 0.6 is 0 Å². The fraction of sp³-hybridized carbons (Fsp3) is 0. The maximum atomic E-state index is 9.53. The molecule has 0 saturated heterocycles. The Morgan fingerprint density at radius 1 is 2.00 bits per heavy atom. The van der Waals surface area contributed by atoms with E-state index in [0.717, 1.165) is 0 Å². The predicted molar refractivity (Wildman–Crippen MR) is 17.1 cm³/mol. The monoisotopic (exact) mass is 104 g/mol. The molecule has 0 bridgehead atoms. The van der Waals surface area contributed by atoms with E-state index < -0.39 is 0 Å². The van der Waals surface area contributed by atoms with Crippen LogP contribution in [0.2, 0.25) is 0 Å². The third kappa shape index (κ3) is 1.53. The van der Waals surface area contributed by atoms with Crippen molar-refractivity contribution in [1.82, 2.24) is 0 Å². The number of hydrogen-bond acceptors (Lipinski definition) is 3. The zero-order valence-electron chi connectivity index (χ0n) is 2.79. The first-order chi connectivity index (χ1) is 2.81. The van der Waals surface area contributed by atoms with Crippen molar-refractivity contribution >= 4 is 10.5 Å². The van der Waals surface area contributed by atoms with Crippen LogP contribution < -0.4 is 5.84 Å². The van der Waals surface area contributed by atoms with Crippen molar-refractivity contribution in [3.8, 4) is 0 Å². The molecule has 3 radical (unpaired) electrons. The van der Waals surface area contributed by atoms with Crippen LogP contribution in [0.3, 0.4) is 0 Å². The summed E-state index contributed by atoms with van der Waals surface area (Å²) in [7, 11) is 2.36. The summed E-state index contributed by atoms with van der Waals surface area (Å²) < 4.78 is 3.69. The van der Waals surface area contributed by atoms with Crippen LogP contribution in [0.1, 0.15) is 0 Å². The topological polar surface area (TPSA) is 73.7 Å². The lowest BCUT2D eigenvalue weighted by Crippen LogP contribution is -2.01. The quantitative estimate of drug-likeness (QED) is 0.197. The molecule has 6 heavy (non-hydrogen) atoms. The van der Waals surface area contributed by atoms with Crippen LogP contribution in [0.5, 0.6) is 0 Å². The highest BCUT2D eigenvalue weighted by Crippen LogP contribution is 1.62. The van der Waals surface area contributed by atoms with E-state index in [2.05, 4.69) is 26.1 Å². The van der Waals surface area contributed by atoms with Crippen molar-refractivity contribution in [3.63, 3.8) is 0 Å². The number of nitrogens with zero attached hydrogens (tertiary/aromatic N) is 2. The lowest BCUT2D eigenvalue weighted by atomic mass is 12.6. The summed E-state index contributed by atoms with van der Waals surface area (Å²) in [5, 5.41) is 11.9. The van der Waals surface area contributed by atoms with Crippen molar-refractivity contribution in [2.75, 3.05) is 0 Å². The van der Waals surface area contributed by atoms with Crippen LogP contribution in [0.25, 0.3) is 0 Å². The Balaban J connectivity index is 3.22. The predicted octanol–water partition coefficient (Wildman–Crippen LogP) is -1.16. The largest absolute Gasteiger partial charge is 0.497 e. The second-order valence-electron chi connectivity index (χ2n) is 0.445. The number of hydrogen-bond donors (Lipinski definition) is 1. The van der Waals surface area contributed by atoms with E-state index in [1.165, 1.54) is 0 Å². The molecule has 2 N–H and O–H groups in total. The standard InChI is InChI=1S/H2N3O2Si/c1-2-3(4)5-6/h1H2/b3-2+. The lowest BCUT2D eigenvalue weighted by molar-refractivity contribution is -0.751. The van der Waals surface area contributed by atoms with Gasteiger partial charge in [0.1, 0.15) is 5.22 Å². The molecule has 0 aliphatic heterocycles. The van der Waals surface area contributed by atoms with Crippen LogP contribution in [0, 0.1) is 5.21 Å². The van der Waals surface area contributed by atoms with Gasteiger partial charge in [-0.05, 0) is 0 Å². The van der Waals surface area contributed by atoms with E-state index >= 15 is 0 Å². The Kier molecular flexibility index (Phi) is 2.13. The first kappa shape index (κ1) is 5.22. The molecule has 0 aromatic rings. The summed E-state index contributed by atoms with van der Waals surface area (Å²) in [4.78, 5) is 0. The number of rotatable bonds is 1. The summed E-state index contributed by atoms with van der Waals surface area (Å²) in [5.74, 6) is 4.36. The van der Waals surface area contributed by atoms with E-state index in [-0.39, 0.29) is 5.02 Å². The van der Waals surface area contributed by atoms with Crippen LogP contribution in [-0.2, 0) is 4.53 Å². The van der Waals surface area contributed by atoms with Crippen LogP contribution in [-0.4, -0.2) is 15.5 Å². The molecule has 0 aromatic carbocycles. The Morgan fingerprint density at radius 2 is 2.50 bits per heavy atom. The average Bonchev–Trinajstić information content (AvgIpc) is 1.65. The van der Waals surface area contributed by atoms with Crippen LogP contribution in [0.4, 0.5) is 0 Å². The second kappa shape index (κ2) is 2.45. The fourth-order valence-corrected chi connectivity index (χ4v) is 0.0707. The first-order valence-electron chi connectivity index (χ1n) is 1.03. The molecule has 0 amide bonds. The van der Waals surface area contributed by atoms with E-state index in [4.69, 9.17) is 0 Å². The molecule has 0 rings (SSSR count). The molecule has 0 unspecified atom stereocenters. The highest BCUT2D eigenvalue weighted by Gasteiger charge is 1.69. The van der Waals surface area contributed by atoms with E-state index in [1.807, 2.05) is 0 Å². The van der Waals surface area contributed by atoms with Gasteiger partial charge in [-0.15, -0.1) is 0 Å². The van der Waals surface area contributed by atoms with Gasteiger partial charge >= 0.3 is 0 Å². The molecule has 0 aromatic heterocycles. The minimum absolute atomic E-state index is 0.184. The summed E-state index contributed by atoms with van der Waals surface area (Å²) in [6.45, 7) is 0. The first-order valence-corrected chi connectivity index (χ1v) is 1.44. The second-order valence-corrected chi connectivity index (χ2v) is 0.627. The third-order valence-electron chi connectivity index (χ3n) is 0.172. The van der Waals surface area contributed by atoms with Crippen molar-refractivity contribution in [2.45, 2.75) is 0 Å². The third-order valence-corrected chi connectivity index (χ3v) is 0.329. The van der Waals surface area contributed by atoms with Gasteiger partial charge in [-0.1, -0.05) is 0 Å². The molecule has 0 aliphatic rings. The van der Waals surface area contributed by atoms with Crippen molar-refractivity contribution in [3.05, 3.63) is 5.21 Å². The van der Waals surface area contributed by atoms with Gasteiger partial charge in [-0.2, -0.15) is 5.84 Å². The minimum Gasteiger partial charge on any atom is -0.497 e. The molecule has 33 valence electrons. The highest BCUT2D eigenvalue weighted by atomic mass is 28.2. The van der Waals surface area contributed by atoms with Crippen LogP contribution in [0.15, 0.2) is 5.22 Å². The smallest absolute Gasteiger partial charge is 0.185 e. The van der Waals surface area contributed by atoms with Gasteiger partial charge in [0.25, 0.3) is 0 Å². The Morgan fingerprint density at radius 3 is 2.50 bits per heavy atom. The van der Waals surface area contributed by atoms with E-state index in [1.54, 1.807) is 0 Å². The maximum absolute atomic E-state index is 9.53. The van der Waals surface area contributed by atoms with Gasteiger partial charge < -0.3 is 9.73 Å².